The SMILES string of the molecule is C=C(C)[C@@H]1CC/C(C)=C/CC/C(C)=C(\F)C1. The largest absolute Gasteiger partial charge is 0.212 e. The second kappa shape index (κ2) is 6.03. The van der Waals surface area contributed by atoms with Gasteiger partial charge in [-0.25, -0.2) is 4.39 Å². The minimum absolute atomic E-state index is 0.0842. The molecule has 0 saturated heterocycles. The molecule has 0 bridgehead atoms. The van der Waals surface area contributed by atoms with E-state index in [0.29, 0.717) is 12.3 Å². The molecule has 0 saturated carbocycles. The highest BCUT2D eigenvalue weighted by Crippen LogP contribution is 2.29. The molecule has 0 nitrogen and oxygen atoms in total. The summed E-state index contributed by atoms with van der Waals surface area (Å²) in [5, 5.41) is 0. The Bertz CT molecular complexity index is 320. The molecule has 0 amide bonds. The average molecular weight is 222 g/mol. The standard InChI is InChI=1S/C15H23F/c1-11(2)14-9-8-12(3)6-5-7-13(4)15(16)10-14/h6,14H,1,5,7-10H2,2-4H3/b12-6+,15-13-/t14-/m1/s1. The van der Waals surface area contributed by atoms with Crippen molar-refractivity contribution in [2.45, 2.75) is 52.9 Å². The van der Waals surface area contributed by atoms with Crippen molar-refractivity contribution in [3.8, 4) is 0 Å². The lowest BCUT2D eigenvalue weighted by molar-refractivity contribution is 0.470. The fourth-order valence-corrected chi connectivity index (χ4v) is 2.09. The Hall–Kier alpha value is -0.850. The van der Waals surface area contributed by atoms with Gasteiger partial charge in [0.15, 0.2) is 0 Å². The van der Waals surface area contributed by atoms with Gasteiger partial charge in [-0.1, -0.05) is 23.8 Å². The van der Waals surface area contributed by atoms with Gasteiger partial charge in [-0.05, 0) is 57.9 Å². The van der Waals surface area contributed by atoms with E-state index in [1.807, 2.05) is 13.8 Å². The predicted molar refractivity (Wildman–Crippen MR) is 69.0 cm³/mol. The van der Waals surface area contributed by atoms with Crippen LogP contribution in [0.4, 0.5) is 4.39 Å². The minimum Gasteiger partial charge on any atom is -0.212 e. The zero-order chi connectivity index (χ0) is 12.1. The molecule has 0 aromatic carbocycles. The van der Waals surface area contributed by atoms with Crippen LogP contribution in [0.25, 0.3) is 0 Å². The first kappa shape index (κ1) is 13.2. The molecular weight excluding hydrogens is 199 g/mol. The molecular formula is C15H23F. The summed E-state index contributed by atoms with van der Waals surface area (Å²) < 4.78 is 13.9. The van der Waals surface area contributed by atoms with Gasteiger partial charge in [-0.15, -0.1) is 0 Å². The smallest absolute Gasteiger partial charge is 0.0994 e. The summed E-state index contributed by atoms with van der Waals surface area (Å²) in [5.41, 5.74) is 3.45. The maximum absolute atomic E-state index is 13.9. The van der Waals surface area contributed by atoms with Crippen molar-refractivity contribution in [3.05, 3.63) is 35.2 Å². The first-order valence-electron chi connectivity index (χ1n) is 6.16. The van der Waals surface area contributed by atoms with Crippen molar-refractivity contribution in [1.29, 1.82) is 0 Å². The zero-order valence-electron chi connectivity index (χ0n) is 10.8. The van der Waals surface area contributed by atoms with E-state index in [2.05, 4.69) is 19.6 Å². The maximum Gasteiger partial charge on any atom is 0.0994 e. The molecule has 0 heterocycles. The first-order valence-corrected chi connectivity index (χ1v) is 6.16. The van der Waals surface area contributed by atoms with Gasteiger partial charge in [0.05, 0.1) is 5.83 Å². The Morgan fingerprint density at radius 1 is 1.38 bits per heavy atom. The fourth-order valence-electron chi connectivity index (χ4n) is 2.09. The molecule has 90 valence electrons. The van der Waals surface area contributed by atoms with Crippen LogP contribution in [0.15, 0.2) is 35.2 Å². The highest BCUT2D eigenvalue weighted by molar-refractivity contribution is 5.13. The summed E-state index contributed by atoms with van der Waals surface area (Å²) in [6, 6.07) is 0. The summed E-state index contributed by atoms with van der Waals surface area (Å²) in [5.74, 6) is 0.386. The third-order valence-corrected chi connectivity index (χ3v) is 3.48. The molecule has 1 aliphatic carbocycles. The number of rotatable bonds is 1. The Kier molecular flexibility index (Phi) is 4.98. The van der Waals surface area contributed by atoms with Gasteiger partial charge in [0.1, 0.15) is 0 Å². The summed E-state index contributed by atoms with van der Waals surface area (Å²) in [7, 11) is 0. The molecule has 0 N–H and O–H groups in total. The van der Waals surface area contributed by atoms with E-state index in [-0.39, 0.29) is 5.83 Å². The van der Waals surface area contributed by atoms with Crippen LogP contribution in [0.5, 0.6) is 0 Å². The molecule has 0 aromatic rings. The summed E-state index contributed by atoms with van der Waals surface area (Å²) in [6.07, 6.45) is 6.73. The second-order valence-corrected chi connectivity index (χ2v) is 5.06. The third kappa shape index (κ3) is 3.96. The number of hydrogen-bond acceptors (Lipinski definition) is 0. The van der Waals surface area contributed by atoms with Crippen LogP contribution in [-0.2, 0) is 0 Å². The molecule has 1 rings (SSSR count). The maximum atomic E-state index is 13.9. The fraction of sp³-hybridized carbons (Fsp3) is 0.600. The quantitative estimate of drug-likeness (QED) is 0.526. The van der Waals surface area contributed by atoms with Crippen LogP contribution in [0, 0.1) is 5.92 Å². The van der Waals surface area contributed by atoms with Crippen molar-refractivity contribution in [2.75, 3.05) is 0 Å². The van der Waals surface area contributed by atoms with E-state index in [9.17, 15) is 4.39 Å². The van der Waals surface area contributed by atoms with Gasteiger partial charge in [0.2, 0.25) is 0 Å². The number of allylic oxidation sites excluding steroid dienone is 5. The molecule has 0 aromatic heterocycles. The van der Waals surface area contributed by atoms with Crippen LogP contribution in [0.2, 0.25) is 0 Å². The van der Waals surface area contributed by atoms with Gasteiger partial charge in [0, 0.05) is 6.42 Å². The van der Waals surface area contributed by atoms with E-state index >= 15 is 0 Å². The Labute approximate surface area is 98.9 Å². The molecule has 1 atom stereocenters. The monoisotopic (exact) mass is 222 g/mol. The molecule has 0 spiro atoms. The average Bonchev–Trinajstić information content (AvgIpc) is 2.22. The van der Waals surface area contributed by atoms with Crippen LogP contribution in [0.1, 0.15) is 52.9 Å². The van der Waals surface area contributed by atoms with E-state index in [4.69, 9.17) is 0 Å². The number of hydrogen-bond donors (Lipinski definition) is 0. The Balaban J connectivity index is 2.84. The van der Waals surface area contributed by atoms with Crippen LogP contribution in [0.3, 0.4) is 0 Å². The topological polar surface area (TPSA) is 0 Å². The van der Waals surface area contributed by atoms with E-state index in [1.165, 1.54) is 5.57 Å². The van der Waals surface area contributed by atoms with Gasteiger partial charge >= 0.3 is 0 Å². The molecule has 0 aliphatic heterocycles. The van der Waals surface area contributed by atoms with E-state index in [1.54, 1.807) is 0 Å². The zero-order valence-corrected chi connectivity index (χ0v) is 10.8. The number of halogens is 1. The first-order chi connectivity index (χ1) is 7.50. The minimum atomic E-state index is 0.0842. The second-order valence-electron chi connectivity index (χ2n) is 5.06. The van der Waals surface area contributed by atoms with Gasteiger partial charge in [0.25, 0.3) is 0 Å². The van der Waals surface area contributed by atoms with Gasteiger partial charge < -0.3 is 0 Å². The highest BCUT2D eigenvalue weighted by Gasteiger charge is 2.15. The molecule has 0 unspecified atom stereocenters. The van der Waals surface area contributed by atoms with Gasteiger partial charge in [-0.3, -0.25) is 0 Å². The van der Waals surface area contributed by atoms with Crippen molar-refractivity contribution in [3.63, 3.8) is 0 Å². The lowest BCUT2D eigenvalue weighted by Gasteiger charge is -2.18. The summed E-state index contributed by atoms with van der Waals surface area (Å²) in [6.45, 7) is 10.1. The highest BCUT2D eigenvalue weighted by atomic mass is 19.1. The van der Waals surface area contributed by atoms with E-state index < -0.39 is 0 Å². The lowest BCUT2D eigenvalue weighted by atomic mass is 9.88. The summed E-state index contributed by atoms with van der Waals surface area (Å²) >= 11 is 0. The van der Waals surface area contributed by atoms with Crippen LogP contribution >= 0.6 is 0 Å². The van der Waals surface area contributed by atoms with Crippen molar-refractivity contribution in [1.82, 2.24) is 0 Å². The molecule has 1 heteroatoms. The predicted octanol–water partition coefficient (Wildman–Crippen LogP) is 5.33. The normalized spacial score (nSPS) is 31.8. The van der Waals surface area contributed by atoms with Gasteiger partial charge in [-0.2, -0.15) is 0 Å². The van der Waals surface area contributed by atoms with Crippen LogP contribution in [-0.4, -0.2) is 0 Å². The molecule has 0 radical (unpaired) electrons. The Morgan fingerprint density at radius 3 is 2.69 bits per heavy atom. The van der Waals surface area contributed by atoms with Crippen molar-refractivity contribution >= 4 is 0 Å². The Morgan fingerprint density at radius 2 is 2.06 bits per heavy atom. The summed E-state index contributed by atoms with van der Waals surface area (Å²) in [4.78, 5) is 0. The molecule has 0 fully saturated rings. The van der Waals surface area contributed by atoms with Crippen molar-refractivity contribution in [2.24, 2.45) is 5.92 Å². The van der Waals surface area contributed by atoms with E-state index in [0.717, 1.165) is 36.8 Å². The van der Waals surface area contributed by atoms with Crippen molar-refractivity contribution < 1.29 is 4.39 Å². The lowest BCUT2D eigenvalue weighted by Crippen LogP contribution is -2.04. The molecule has 16 heavy (non-hydrogen) atoms. The molecule has 1 aliphatic rings. The van der Waals surface area contributed by atoms with Crippen LogP contribution < -0.4 is 0 Å². The third-order valence-electron chi connectivity index (χ3n) is 3.48.